The van der Waals surface area contributed by atoms with Crippen LogP contribution >= 0.6 is 0 Å². The zero-order valence-electron chi connectivity index (χ0n) is 16.4. The van der Waals surface area contributed by atoms with Gasteiger partial charge in [-0.05, 0) is 30.9 Å². The molecule has 3 atom stereocenters. The van der Waals surface area contributed by atoms with E-state index in [2.05, 4.69) is 0 Å². The molecule has 0 N–H and O–H groups in total. The summed E-state index contributed by atoms with van der Waals surface area (Å²) < 4.78 is 11.2. The van der Waals surface area contributed by atoms with Gasteiger partial charge in [0.15, 0.2) is 0 Å². The minimum absolute atomic E-state index is 0.0870. The number of hydrogen-bond acceptors (Lipinski definition) is 4. The number of nitrogens with zero attached hydrogens (tertiary/aromatic N) is 1. The van der Waals surface area contributed by atoms with Gasteiger partial charge in [-0.3, -0.25) is 9.69 Å². The molecule has 1 aliphatic rings. The fourth-order valence-electron chi connectivity index (χ4n) is 3.35. The molecule has 1 amide bonds. The third-order valence-electron chi connectivity index (χ3n) is 5.22. The van der Waals surface area contributed by atoms with Gasteiger partial charge < -0.3 is 9.47 Å². The number of benzene rings is 2. The third kappa shape index (κ3) is 5.12. The van der Waals surface area contributed by atoms with E-state index in [9.17, 15) is 9.59 Å². The molecule has 0 spiro atoms. The Hall–Kier alpha value is -2.82. The highest BCUT2D eigenvalue weighted by Crippen LogP contribution is 2.25. The van der Waals surface area contributed by atoms with Crippen molar-refractivity contribution in [2.75, 3.05) is 0 Å². The van der Waals surface area contributed by atoms with Crippen molar-refractivity contribution in [2.45, 2.75) is 52.0 Å². The highest BCUT2D eigenvalue weighted by atomic mass is 16.6. The summed E-state index contributed by atoms with van der Waals surface area (Å²) in [4.78, 5) is 26.6. The fourth-order valence-corrected chi connectivity index (χ4v) is 3.35. The molecule has 5 heteroatoms. The van der Waals surface area contributed by atoms with Crippen LogP contribution in [0.2, 0.25) is 0 Å². The molecule has 3 unspecified atom stereocenters. The molecule has 5 nitrogen and oxygen atoms in total. The summed E-state index contributed by atoms with van der Waals surface area (Å²) in [6.45, 7) is 4.40. The van der Waals surface area contributed by atoms with Gasteiger partial charge in [-0.2, -0.15) is 0 Å². The quantitative estimate of drug-likeness (QED) is 0.689. The number of carbonyl (C=O) groups is 2. The maximum Gasteiger partial charge on any atom is 0.410 e. The maximum absolute atomic E-state index is 12.9. The lowest BCUT2D eigenvalue weighted by Crippen LogP contribution is -2.48. The summed E-state index contributed by atoms with van der Waals surface area (Å²) in [6, 6.07) is 19.1. The monoisotopic (exact) mass is 381 g/mol. The molecule has 1 fully saturated rings. The van der Waals surface area contributed by atoms with Crippen molar-refractivity contribution in [3.63, 3.8) is 0 Å². The van der Waals surface area contributed by atoms with Crippen molar-refractivity contribution in [3.05, 3.63) is 71.8 Å². The second kappa shape index (κ2) is 9.40. The second-order valence-corrected chi connectivity index (χ2v) is 7.35. The van der Waals surface area contributed by atoms with Crippen molar-refractivity contribution in [3.8, 4) is 0 Å². The predicted octanol–water partition coefficient (Wildman–Crippen LogP) is 4.56. The number of esters is 1. The van der Waals surface area contributed by atoms with Crippen molar-refractivity contribution < 1.29 is 19.1 Å². The first kappa shape index (κ1) is 19.9. The largest absolute Gasteiger partial charge is 0.460 e. The average Bonchev–Trinajstić information content (AvgIpc) is 2.73. The topological polar surface area (TPSA) is 55.8 Å². The van der Waals surface area contributed by atoms with Crippen LogP contribution in [0.15, 0.2) is 60.7 Å². The van der Waals surface area contributed by atoms with Gasteiger partial charge in [-0.25, -0.2) is 4.79 Å². The highest BCUT2D eigenvalue weighted by molar-refractivity contribution is 5.73. The molecule has 1 heterocycles. The number of rotatable bonds is 6. The molecule has 2 aromatic rings. The number of cyclic esters (lactones) is 1. The number of carbonyl (C=O) groups excluding carboxylic acids is 2. The Bertz CT molecular complexity index is 778. The smallest absolute Gasteiger partial charge is 0.410 e. The lowest BCUT2D eigenvalue weighted by molar-refractivity contribution is -0.163. The molecule has 0 radical (unpaired) electrons. The van der Waals surface area contributed by atoms with Crippen LogP contribution in [0.4, 0.5) is 4.79 Å². The van der Waals surface area contributed by atoms with E-state index in [4.69, 9.17) is 9.47 Å². The first-order valence-electron chi connectivity index (χ1n) is 9.76. The van der Waals surface area contributed by atoms with Crippen LogP contribution in [0.1, 0.15) is 37.8 Å². The Morgan fingerprint density at radius 2 is 1.68 bits per heavy atom. The molecule has 0 aliphatic carbocycles. The summed E-state index contributed by atoms with van der Waals surface area (Å²) in [6.07, 6.45) is 0.781. The third-order valence-corrected chi connectivity index (χ3v) is 5.22. The lowest BCUT2D eigenvalue weighted by Gasteiger charge is -2.36. The van der Waals surface area contributed by atoms with Gasteiger partial charge in [-0.15, -0.1) is 0 Å². The molecule has 3 rings (SSSR count). The maximum atomic E-state index is 12.9. The van der Waals surface area contributed by atoms with Crippen LogP contribution in [0.5, 0.6) is 0 Å². The van der Waals surface area contributed by atoms with Gasteiger partial charge >= 0.3 is 12.1 Å². The van der Waals surface area contributed by atoms with E-state index in [-0.39, 0.29) is 30.6 Å². The van der Waals surface area contributed by atoms with Gasteiger partial charge in [0.1, 0.15) is 12.7 Å². The van der Waals surface area contributed by atoms with E-state index >= 15 is 0 Å². The van der Waals surface area contributed by atoms with Crippen LogP contribution in [-0.2, 0) is 27.4 Å². The molecule has 28 heavy (non-hydrogen) atoms. The van der Waals surface area contributed by atoms with Crippen molar-refractivity contribution in [2.24, 2.45) is 5.92 Å². The highest BCUT2D eigenvalue weighted by Gasteiger charge is 2.35. The summed E-state index contributed by atoms with van der Waals surface area (Å²) in [7, 11) is 0. The zero-order chi connectivity index (χ0) is 19.9. The molecule has 2 aromatic carbocycles. The van der Waals surface area contributed by atoms with Gasteiger partial charge in [0.25, 0.3) is 0 Å². The van der Waals surface area contributed by atoms with E-state index in [0.29, 0.717) is 6.54 Å². The molecule has 1 aliphatic heterocycles. The number of ether oxygens (including phenoxy) is 2. The Labute approximate surface area is 166 Å². The fraction of sp³-hybridized carbons (Fsp3) is 0.391. The Morgan fingerprint density at radius 3 is 2.29 bits per heavy atom. The summed E-state index contributed by atoms with van der Waals surface area (Å²) >= 11 is 0. The van der Waals surface area contributed by atoms with Crippen molar-refractivity contribution in [1.29, 1.82) is 0 Å². The van der Waals surface area contributed by atoms with Gasteiger partial charge in [0.05, 0.1) is 12.0 Å². The average molecular weight is 381 g/mol. The van der Waals surface area contributed by atoms with Crippen LogP contribution in [0.3, 0.4) is 0 Å². The van der Waals surface area contributed by atoms with E-state index in [1.165, 1.54) is 0 Å². The normalized spacial score (nSPS) is 20.1. The molecule has 0 aromatic heterocycles. The minimum Gasteiger partial charge on any atom is -0.460 e. The minimum atomic E-state index is -0.408. The molecule has 148 valence electrons. The Balaban J connectivity index is 1.72. The molecular weight excluding hydrogens is 354 g/mol. The van der Waals surface area contributed by atoms with E-state index in [1.807, 2.05) is 74.5 Å². The van der Waals surface area contributed by atoms with Crippen LogP contribution in [-0.4, -0.2) is 29.1 Å². The summed E-state index contributed by atoms with van der Waals surface area (Å²) in [5.74, 6) is -0.281. The zero-order valence-corrected chi connectivity index (χ0v) is 16.4. The molecule has 1 saturated heterocycles. The first-order chi connectivity index (χ1) is 13.5. The summed E-state index contributed by atoms with van der Waals surface area (Å²) in [5.41, 5.74) is 1.93. The Kier molecular flexibility index (Phi) is 6.69. The van der Waals surface area contributed by atoms with Gasteiger partial charge in [0.2, 0.25) is 0 Å². The van der Waals surface area contributed by atoms with Gasteiger partial charge in [0, 0.05) is 6.54 Å². The number of hydrogen-bond donors (Lipinski definition) is 0. The van der Waals surface area contributed by atoms with Crippen LogP contribution in [0, 0.1) is 5.92 Å². The van der Waals surface area contributed by atoms with E-state index in [1.54, 1.807) is 4.90 Å². The number of amides is 1. The SMILES string of the molecule is CC1CCC(C(C)N(Cc2ccccc2)C(=O)OCc2ccccc2)OC1=O. The Morgan fingerprint density at radius 1 is 1.07 bits per heavy atom. The van der Waals surface area contributed by atoms with E-state index < -0.39 is 6.09 Å². The predicted molar refractivity (Wildman–Crippen MR) is 106 cm³/mol. The van der Waals surface area contributed by atoms with Gasteiger partial charge in [-0.1, -0.05) is 67.6 Å². The first-order valence-corrected chi connectivity index (χ1v) is 9.76. The summed E-state index contributed by atoms with van der Waals surface area (Å²) in [5, 5.41) is 0. The second-order valence-electron chi connectivity index (χ2n) is 7.35. The molecule has 0 bridgehead atoms. The van der Waals surface area contributed by atoms with Crippen LogP contribution in [0.25, 0.3) is 0 Å². The lowest BCUT2D eigenvalue weighted by atomic mass is 9.95. The van der Waals surface area contributed by atoms with Crippen molar-refractivity contribution in [1.82, 2.24) is 4.90 Å². The van der Waals surface area contributed by atoms with Crippen molar-refractivity contribution >= 4 is 12.1 Å². The molecular formula is C23H27NO4. The molecule has 0 saturated carbocycles. The van der Waals surface area contributed by atoms with Crippen LogP contribution < -0.4 is 0 Å². The van der Waals surface area contributed by atoms with E-state index in [0.717, 1.165) is 24.0 Å². The standard InChI is InChI=1S/C23H27NO4/c1-17-13-14-21(28-22(17)25)18(2)24(15-19-9-5-3-6-10-19)23(26)27-16-20-11-7-4-8-12-20/h3-12,17-18,21H,13-16H2,1-2H3.